The van der Waals surface area contributed by atoms with Gasteiger partial charge in [0.15, 0.2) is 17.7 Å². The molecule has 1 atom stereocenters. The summed E-state index contributed by atoms with van der Waals surface area (Å²) in [5.41, 5.74) is 0.472. The fourth-order valence-electron chi connectivity index (χ4n) is 3.02. The van der Waals surface area contributed by atoms with Gasteiger partial charge in [-0.1, -0.05) is 31.7 Å². The number of carbonyl (C=O) groups excluding carboxylic acids is 2. The second-order valence-corrected chi connectivity index (χ2v) is 6.47. The topological polar surface area (TPSA) is 64.6 Å². The molecular formula is C19H26FNO4. The average Bonchev–Trinajstić information content (AvgIpc) is 2.83. The predicted molar refractivity (Wildman–Crippen MR) is 91.8 cm³/mol. The second-order valence-electron chi connectivity index (χ2n) is 6.47. The van der Waals surface area contributed by atoms with E-state index in [0.717, 1.165) is 25.7 Å². The molecule has 5 nitrogen and oxygen atoms in total. The zero-order valence-electron chi connectivity index (χ0n) is 14.8. The number of benzene rings is 1. The van der Waals surface area contributed by atoms with Crippen LogP contribution >= 0.6 is 0 Å². The number of nitrogens with one attached hydrogen (secondary N) is 1. The van der Waals surface area contributed by atoms with Gasteiger partial charge in [-0.2, -0.15) is 0 Å². The number of esters is 1. The third-order valence-electron chi connectivity index (χ3n) is 4.44. The van der Waals surface area contributed by atoms with Gasteiger partial charge in [-0.25, -0.2) is 4.39 Å². The number of hydrogen-bond donors (Lipinski definition) is 1. The lowest BCUT2D eigenvalue weighted by molar-refractivity contribution is -0.154. The van der Waals surface area contributed by atoms with Crippen molar-refractivity contribution in [3.8, 4) is 5.75 Å². The molecule has 0 aromatic heterocycles. The summed E-state index contributed by atoms with van der Waals surface area (Å²) in [6.07, 6.45) is 5.62. The number of carbonyl (C=O) groups is 2. The van der Waals surface area contributed by atoms with Crippen molar-refractivity contribution in [3.63, 3.8) is 0 Å². The van der Waals surface area contributed by atoms with E-state index < -0.39 is 17.9 Å². The van der Waals surface area contributed by atoms with Gasteiger partial charge >= 0.3 is 5.97 Å². The van der Waals surface area contributed by atoms with Gasteiger partial charge in [0.2, 0.25) is 0 Å². The van der Waals surface area contributed by atoms with Gasteiger partial charge in [0.05, 0.1) is 13.5 Å². The largest absolute Gasteiger partial charge is 0.494 e. The van der Waals surface area contributed by atoms with Crippen molar-refractivity contribution in [1.82, 2.24) is 5.32 Å². The van der Waals surface area contributed by atoms with E-state index in [2.05, 4.69) is 5.32 Å². The van der Waals surface area contributed by atoms with E-state index in [1.165, 1.54) is 32.1 Å². The van der Waals surface area contributed by atoms with E-state index >= 15 is 0 Å². The molecule has 2 rings (SSSR count). The number of ether oxygens (including phenoxy) is 2. The normalized spacial score (nSPS) is 16.6. The Labute approximate surface area is 147 Å². The molecule has 25 heavy (non-hydrogen) atoms. The zero-order valence-corrected chi connectivity index (χ0v) is 14.8. The van der Waals surface area contributed by atoms with Crippen LogP contribution in [0.4, 0.5) is 4.39 Å². The van der Waals surface area contributed by atoms with Crippen LogP contribution < -0.4 is 10.1 Å². The third kappa shape index (κ3) is 6.03. The van der Waals surface area contributed by atoms with Gasteiger partial charge in [-0.15, -0.1) is 0 Å². The molecule has 1 amide bonds. The Morgan fingerprint density at radius 1 is 1.24 bits per heavy atom. The lowest BCUT2D eigenvalue weighted by Crippen LogP contribution is -2.42. The summed E-state index contributed by atoms with van der Waals surface area (Å²) in [6, 6.07) is 4.45. The van der Waals surface area contributed by atoms with Crippen LogP contribution in [0.1, 0.15) is 51.0 Å². The zero-order chi connectivity index (χ0) is 18.2. The van der Waals surface area contributed by atoms with E-state index in [9.17, 15) is 14.0 Å². The monoisotopic (exact) mass is 351 g/mol. The molecule has 1 aromatic rings. The van der Waals surface area contributed by atoms with E-state index in [0.29, 0.717) is 5.56 Å². The minimum atomic E-state index is -0.862. The van der Waals surface area contributed by atoms with Crippen molar-refractivity contribution in [3.05, 3.63) is 29.6 Å². The van der Waals surface area contributed by atoms with Crippen molar-refractivity contribution in [2.24, 2.45) is 0 Å². The molecular weight excluding hydrogens is 325 g/mol. The fraction of sp³-hybridized carbons (Fsp3) is 0.579. The van der Waals surface area contributed by atoms with Crippen LogP contribution in [-0.2, 0) is 20.7 Å². The molecule has 0 aliphatic heterocycles. The predicted octanol–water partition coefficient (Wildman–Crippen LogP) is 3.15. The Kier molecular flexibility index (Phi) is 7.22. The quantitative estimate of drug-likeness (QED) is 0.632. The van der Waals surface area contributed by atoms with Gasteiger partial charge in [0, 0.05) is 6.04 Å². The van der Waals surface area contributed by atoms with Crippen molar-refractivity contribution in [2.75, 3.05) is 7.11 Å². The van der Waals surface area contributed by atoms with Crippen LogP contribution in [0.3, 0.4) is 0 Å². The SMILES string of the molecule is COc1ccc(CC(=O)O[C@@H](C)C(=O)NC2CCCCCC2)cc1F. The highest BCUT2D eigenvalue weighted by Crippen LogP contribution is 2.19. The van der Waals surface area contributed by atoms with E-state index in [1.54, 1.807) is 13.0 Å². The van der Waals surface area contributed by atoms with Crippen molar-refractivity contribution >= 4 is 11.9 Å². The summed E-state index contributed by atoms with van der Waals surface area (Å²) in [5.74, 6) is -1.26. The number of halogens is 1. The van der Waals surface area contributed by atoms with E-state index in [4.69, 9.17) is 9.47 Å². The summed E-state index contributed by atoms with van der Waals surface area (Å²) in [4.78, 5) is 24.2. The third-order valence-corrected chi connectivity index (χ3v) is 4.44. The highest BCUT2D eigenvalue weighted by atomic mass is 19.1. The molecule has 0 spiro atoms. The molecule has 1 N–H and O–H groups in total. The van der Waals surface area contributed by atoms with Crippen LogP contribution in [0.5, 0.6) is 5.75 Å². The lowest BCUT2D eigenvalue weighted by Gasteiger charge is -2.19. The molecule has 1 saturated carbocycles. The number of rotatable bonds is 6. The Morgan fingerprint density at radius 3 is 2.52 bits per heavy atom. The fourth-order valence-corrected chi connectivity index (χ4v) is 3.02. The van der Waals surface area contributed by atoms with Crippen LogP contribution in [0.25, 0.3) is 0 Å². The molecule has 1 aliphatic carbocycles. The van der Waals surface area contributed by atoms with Gasteiger partial charge in [0.1, 0.15) is 0 Å². The highest BCUT2D eigenvalue weighted by Gasteiger charge is 2.22. The van der Waals surface area contributed by atoms with Crippen LogP contribution in [0.2, 0.25) is 0 Å². The van der Waals surface area contributed by atoms with Gasteiger partial charge in [-0.3, -0.25) is 9.59 Å². The smallest absolute Gasteiger partial charge is 0.311 e. The van der Waals surface area contributed by atoms with E-state index in [-0.39, 0.29) is 24.1 Å². The second kappa shape index (κ2) is 9.39. The van der Waals surface area contributed by atoms with Crippen molar-refractivity contribution in [1.29, 1.82) is 0 Å². The Morgan fingerprint density at radius 2 is 1.92 bits per heavy atom. The molecule has 0 saturated heterocycles. The van der Waals surface area contributed by atoms with Gasteiger partial charge < -0.3 is 14.8 Å². The van der Waals surface area contributed by atoms with Crippen molar-refractivity contribution in [2.45, 2.75) is 64.0 Å². The van der Waals surface area contributed by atoms with Gasteiger partial charge in [0.25, 0.3) is 5.91 Å². The first-order valence-electron chi connectivity index (χ1n) is 8.82. The molecule has 0 heterocycles. The first kappa shape index (κ1) is 19.2. The summed E-state index contributed by atoms with van der Waals surface area (Å²) in [6.45, 7) is 1.55. The van der Waals surface area contributed by atoms with Gasteiger partial charge in [-0.05, 0) is 37.5 Å². The highest BCUT2D eigenvalue weighted by molar-refractivity contribution is 5.84. The average molecular weight is 351 g/mol. The van der Waals surface area contributed by atoms with Crippen molar-refractivity contribution < 1.29 is 23.5 Å². The molecule has 1 aliphatic rings. The lowest BCUT2D eigenvalue weighted by atomic mass is 10.1. The number of hydrogen-bond acceptors (Lipinski definition) is 4. The number of methoxy groups -OCH3 is 1. The molecule has 0 bridgehead atoms. The Hall–Kier alpha value is -2.11. The maximum atomic E-state index is 13.6. The summed E-state index contributed by atoms with van der Waals surface area (Å²) < 4.78 is 23.7. The Balaban J connectivity index is 1.82. The molecule has 1 fully saturated rings. The summed E-state index contributed by atoms with van der Waals surface area (Å²) in [5, 5.41) is 2.96. The maximum Gasteiger partial charge on any atom is 0.311 e. The molecule has 1 aromatic carbocycles. The Bertz CT molecular complexity index is 597. The minimum Gasteiger partial charge on any atom is -0.494 e. The molecule has 0 radical (unpaired) electrons. The molecule has 6 heteroatoms. The maximum absolute atomic E-state index is 13.6. The molecule has 0 unspecified atom stereocenters. The minimum absolute atomic E-state index is 0.0953. The standard InChI is InChI=1S/C19H26FNO4/c1-13(19(23)21-15-7-5-3-4-6-8-15)25-18(22)12-14-9-10-17(24-2)16(20)11-14/h9-11,13,15H,3-8,12H2,1-2H3,(H,21,23)/t13-/m0/s1. The first-order chi connectivity index (χ1) is 12.0. The van der Waals surface area contributed by atoms with Crippen LogP contribution in [-0.4, -0.2) is 31.1 Å². The van der Waals surface area contributed by atoms with Crippen LogP contribution in [0.15, 0.2) is 18.2 Å². The summed E-state index contributed by atoms with van der Waals surface area (Å²) >= 11 is 0. The first-order valence-corrected chi connectivity index (χ1v) is 8.82. The molecule has 138 valence electrons. The van der Waals surface area contributed by atoms with Crippen LogP contribution in [0, 0.1) is 5.82 Å². The van der Waals surface area contributed by atoms with E-state index in [1.807, 2.05) is 0 Å². The summed E-state index contributed by atoms with van der Waals surface area (Å²) in [7, 11) is 1.38. The number of amides is 1.